The Labute approximate surface area is 125 Å². The van der Waals surface area contributed by atoms with E-state index >= 15 is 0 Å². The van der Waals surface area contributed by atoms with Gasteiger partial charge in [-0.1, -0.05) is 41.6 Å². The van der Waals surface area contributed by atoms with Crippen LogP contribution in [0.2, 0.25) is 0 Å². The predicted octanol–water partition coefficient (Wildman–Crippen LogP) is 3.88. The molecule has 2 aromatic rings. The molecule has 0 amide bonds. The summed E-state index contributed by atoms with van der Waals surface area (Å²) in [6.07, 6.45) is 0. The number of benzene rings is 2. The van der Waals surface area contributed by atoms with Crippen molar-refractivity contribution < 1.29 is 4.74 Å². The highest BCUT2D eigenvalue weighted by atomic mass is 32.2. The molecule has 0 aliphatic heterocycles. The largest absolute Gasteiger partial charge is 0.383 e. The second-order valence-corrected chi connectivity index (χ2v) is 5.88. The lowest BCUT2D eigenvalue weighted by Gasteiger charge is -2.06. The van der Waals surface area contributed by atoms with Gasteiger partial charge in [-0.05, 0) is 36.8 Å². The van der Waals surface area contributed by atoms with Gasteiger partial charge in [-0.3, -0.25) is 0 Å². The lowest BCUT2D eigenvalue weighted by molar-refractivity contribution is 0.199. The maximum atomic E-state index is 5.01. The van der Waals surface area contributed by atoms with Crippen LogP contribution in [-0.4, -0.2) is 20.3 Å². The zero-order valence-electron chi connectivity index (χ0n) is 12.1. The van der Waals surface area contributed by atoms with E-state index in [0.29, 0.717) is 0 Å². The summed E-state index contributed by atoms with van der Waals surface area (Å²) in [6.45, 7) is 4.64. The van der Waals surface area contributed by atoms with Gasteiger partial charge in [-0.15, -0.1) is 0 Å². The molecule has 106 valence electrons. The minimum atomic E-state index is 0.751. The number of aryl methyl sites for hydroxylation is 1. The fourth-order valence-corrected chi connectivity index (χ4v) is 2.64. The molecule has 2 rings (SSSR count). The molecule has 2 nitrogen and oxygen atoms in total. The van der Waals surface area contributed by atoms with Crippen molar-refractivity contribution in [2.45, 2.75) is 23.3 Å². The summed E-state index contributed by atoms with van der Waals surface area (Å²) in [5, 5.41) is 3.35. The summed E-state index contributed by atoms with van der Waals surface area (Å²) < 4.78 is 5.01. The van der Waals surface area contributed by atoms with Gasteiger partial charge in [-0.25, -0.2) is 0 Å². The maximum Gasteiger partial charge on any atom is 0.0587 e. The van der Waals surface area contributed by atoms with Crippen molar-refractivity contribution >= 4 is 11.8 Å². The molecule has 0 unspecified atom stereocenters. The van der Waals surface area contributed by atoms with Crippen LogP contribution in [0.3, 0.4) is 0 Å². The molecule has 1 N–H and O–H groups in total. The Morgan fingerprint density at radius 3 is 2.15 bits per heavy atom. The smallest absolute Gasteiger partial charge is 0.0587 e. The number of hydrogen-bond acceptors (Lipinski definition) is 3. The number of hydrogen-bond donors (Lipinski definition) is 1. The summed E-state index contributed by atoms with van der Waals surface area (Å²) in [4.78, 5) is 2.55. The molecule has 0 aliphatic carbocycles. The van der Waals surface area contributed by atoms with Gasteiger partial charge in [0.2, 0.25) is 0 Å². The molecular weight excluding hydrogens is 266 g/mol. The Kier molecular flexibility index (Phi) is 6.12. The fraction of sp³-hybridized carbons (Fsp3) is 0.294. The molecule has 0 radical (unpaired) electrons. The van der Waals surface area contributed by atoms with Crippen LogP contribution in [0.25, 0.3) is 0 Å². The van der Waals surface area contributed by atoms with E-state index in [9.17, 15) is 0 Å². The molecule has 0 heterocycles. The molecule has 0 saturated heterocycles. The first kappa shape index (κ1) is 15.1. The maximum absolute atomic E-state index is 5.01. The minimum absolute atomic E-state index is 0.751. The summed E-state index contributed by atoms with van der Waals surface area (Å²) in [7, 11) is 1.72. The quantitative estimate of drug-likeness (QED) is 0.781. The Bertz CT molecular complexity index is 508. The van der Waals surface area contributed by atoms with Gasteiger partial charge in [0, 0.05) is 30.0 Å². The van der Waals surface area contributed by atoms with E-state index in [-0.39, 0.29) is 0 Å². The summed E-state index contributed by atoms with van der Waals surface area (Å²) in [5.41, 5.74) is 2.60. The van der Waals surface area contributed by atoms with Crippen molar-refractivity contribution in [1.29, 1.82) is 0 Å². The highest BCUT2D eigenvalue weighted by Gasteiger charge is 1.98. The average molecular weight is 287 g/mol. The number of methoxy groups -OCH3 is 1. The van der Waals surface area contributed by atoms with E-state index in [0.717, 1.165) is 19.7 Å². The first-order valence-corrected chi connectivity index (χ1v) is 7.63. The van der Waals surface area contributed by atoms with Crippen LogP contribution in [-0.2, 0) is 11.3 Å². The molecule has 3 heteroatoms. The Hall–Kier alpha value is -1.29. The van der Waals surface area contributed by atoms with Gasteiger partial charge < -0.3 is 10.1 Å². The summed E-state index contributed by atoms with van der Waals surface area (Å²) in [5.74, 6) is 0. The first-order chi connectivity index (χ1) is 9.78. The Morgan fingerprint density at radius 1 is 0.950 bits per heavy atom. The Morgan fingerprint density at radius 2 is 1.55 bits per heavy atom. The van der Waals surface area contributed by atoms with E-state index in [2.05, 4.69) is 60.8 Å². The molecule has 2 aromatic carbocycles. The monoisotopic (exact) mass is 287 g/mol. The van der Waals surface area contributed by atoms with Crippen molar-refractivity contribution in [2.75, 3.05) is 20.3 Å². The molecule has 0 bridgehead atoms. The van der Waals surface area contributed by atoms with E-state index < -0.39 is 0 Å². The lowest BCUT2D eigenvalue weighted by atomic mass is 10.2. The van der Waals surface area contributed by atoms with Crippen LogP contribution in [0.4, 0.5) is 0 Å². The second kappa shape index (κ2) is 8.10. The van der Waals surface area contributed by atoms with E-state index in [1.54, 1.807) is 18.9 Å². The van der Waals surface area contributed by atoms with Gasteiger partial charge in [-0.2, -0.15) is 0 Å². The van der Waals surface area contributed by atoms with Gasteiger partial charge in [0.25, 0.3) is 0 Å². The van der Waals surface area contributed by atoms with Gasteiger partial charge in [0.05, 0.1) is 6.61 Å². The molecular formula is C17H21NOS. The van der Waals surface area contributed by atoms with Crippen LogP contribution in [0.1, 0.15) is 11.1 Å². The normalized spacial score (nSPS) is 10.7. The molecule has 20 heavy (non-hydrogen) atoms. The fourth-order valence-electron chi connectivity index (χ4n) is 1.82. The third-order valence-electron chi connectivity index (χ3n) is 2.99. The van der Waals surface area contributed by atoms with Crippen LogP contribution >= 0.6 is 11.8 Å². The van der Waals surface area contributed by atoms with E-state index in [1.807, 2.05) is 0 Å². The number of ether oxygens (including phenoxy) is 1. The van der Waals surface area contributed by atoms with Crippen LogP contribution < -0.4 is 5.32 Å². The Balaban J connectivity index is 1.86. The van der Waals surface area contributed by atoms with Gasteiger partial charge in [0.1, 0.15) is 0 Å². The van der Waals surface area contributed by atoms with Crippen molar-refractivity contribution in [3.63, 3.8) is 0 Å². The summed E-state index contributed by atoms with van der Waals surface area (Å²) >= 11 is 1.80. The van der Waals surface area contributed by atoms with Crippen molar-refractivity contribution in [2.24, 2.45) is 0 Å². The zero-order valence-corrected chi connectivity index (χ0v) is 12.9. The van der Waals surface area contributed by atoms with E-state index in [1.165, 1.54) is 20.9 Å². The number of rotatable bonds is 7. The van der Waals surface area contributed by atoms with Gasteiger partial charge >= 0.3 is 0 Å². The van der Waals surface area contributed by atoms with Gasteiger partial charge in [0.15, 0.2) is 0 Å². The molecule has 0 atom stereocenters. The standard InChI is InChI=1S/C17H21NOS/c1-14-3-7-16(8-4-14)20-17-9-5-15(6-10-17)13-18-11-12-19-2/h3-10,18H,11-13H2,1-2H3. The lowest BCUT2D eigenvalue weighted by Crippen LogP contribution is -2.18. The van der Waals surface area contributed by atoms with Crippen LogP contribution in [0.5, 0.6) is 0 Å². The highest BCUT2D eigenvalue weighted by molar-refractivity contribution is 7.99. The average Bonchev–Trinajstić information content (AvgIpc) is 2.48. The van der Waals surface area contributed by atoms with Crippen molar-refractivity contribution in [3.05, 3.63) is 59.7 Å². The molecule has 0 aromatic heterocycles. The summed E-state index contributed by atoms with van der Waals surface area (Å²) in [6, 6.07) is 17.3. The molecule has 0 aliphatic rings. The SMILES string of the molecule is COCCNCc1ccc(Sc2ccc(C)cc2)cc1. The minimum Gasteiger partial charge on any atom is -0.383 e. The topological polar surface area (TPSA) is 21.3 Å². The second-order valence-electron chi connectivity index (χ2n) is 4.73. The third-order valence-corrected chi connectivity index (χ3v) is 4.01. The van der Waals surface area contributed by atoms with Crippen LogP contribution in [0.15, 0.2) is 58.3 Å². The van der Waals surface area contributed by atoms with Crippen molar-refractivity contribution in [3.8, 4) is 0 Å². The van der Waals surface area contributed by atoms with E-state index in [4.69, 9.17) is 4.74 Å². The van der Waals surface area contributed by atoms with Crippen molar-refractivity contribution in [1.82, 2.24) is 5.32 Å². The molecule has 0 fully saturated rings. The molecule has 0 saturated carbocycles. The first-order valence-electron chi connectivity index (χ1n) is 6.81. The number of nitrogens with one attached hydrogen (secondary N) is 1. The van der Waals surface area contributed by atoms with Crippen LogP contribution in [0, 0.1) is 6.92 Å². The highest BCUT2D eigenvalue weighted by Crippen LogP contribution is 2.27. The third kappa shape index (κ3) is 5.00. The molecule has 0 spiro atoms. The zero-order chi connectivity index (χ0) is 14.2. The predicted molar refractivity (Wildman–Crippen MR) is 85.3 cm³/mol.